The minimum Gasteiger partial charge on any atom is -0.369 e. The third kappa shape index (κ3) is 3.20. The van der Waals surface area contributed by atoms with Gasteiger partial charge in [-0.3, -0.25) is 14.9 Å². The van der Waals surface area contributed by atoms with Gasteiger partial charge in [-0.25, -0.2) is 0 Å². The van der Waals surface area contributed by atoms with E-state index in [4.69, 9.17) is 4.74 Å². The number of amides is 1. The van der Waals surface area contributed by atoms with E-state index in [9.17, 15) is 18.0 Å². The molecule has 6 nitrogen and oxygen atoms in total. The number of aromatic nitrogens is 3. The number of carbonyl (C=O) groups excluding carboxylic acids is 1. The number of alkyl halides is 3. The maximum absolute atomic E-state index is 13.0. The van der Waals surface area contributed by atoms with Crippen LogP contribution in [-0.2, 0) is 30.3 Å². The lowest BCUT2D eigenvalue weighted by molar-refractivity contribution is -0.137. The lowest BCUT2D eigenvalue weighted by Crippen LogP contribution is -2.37. The molecule has 2 aliphatic heterocycles. The van der Waals surface area contributed by atoms with Crippen molar-refractivity contribution in [2.45, 2.75) is 51.6 Å². The van der Waals surface area contributed by atoms with Gasteiger partial charge in [-0.2, -0.15) is 18.3 Å². The molecule has 0 bridgehead atoms. The molecule has 0 saturated carbocycles. The molecule has 0 aromatic carbocycles. The minimum atomic E-state index is -4.46. The summed E-state index contributed by atoms with van der Waals surface area (Å²) in [6.07, 6.45) is -2.83. The summed E-state index contributed by atoms with van der Waals surface area (Å²) in [7, 11) is 0. The first kappa shape index (κ1) is 18.0. The van der Waals surface area contributed by atoms with Crippen LogP contribution in [0.2, 0.25) is 0 Å². The molecule has 0 unspecified atom stereocenters. The van der Waals surface area contributed by atoms with Crippen LogP contribution in [0.5, 0.6) is 0 Å². The molecule has 2 atom stereocenters. The zero-order valence-corrected chi connectivity index (χ0v) is 14.9. The molecule has 27 heavy (non-hydrogen) atoms. The molecule has 0 saturated heterocycles. The lowest BCUT2D eigenvalue weighted by atomic mass is 9.98. The summed E-state index contributed by atoms with van der Waals surface area (Å²) < 4.78 is 44.6. The Morgan fingerprint density at radius 3 is 2.89 bits per heavy atom. The summed E-state index contributed by atoms with van der Waals surface area (Å²) in [5.74, 6) is -0.281. The average molecular weight is 380 g/mol. The van der Waals surface area contributed by atoms with Crippen LogP contribution in [0.15, 0.2) is 12.3 Å². The third-order valence-corrected chi connectivity index (χ3v) is 5.09. The number of carbonyl (C=O) groups is 1. The Hall–Kier alpha value is -2.42. The van der Waals surface area contributed by atoms with Gasteiger partial charge in [-0.1, -0.05) is 0 Å². The molecule has 2 aromatic heterocycles. The van der Waals surface area contributed by atoms with E-state index in [1.165, 1.54) is 4.90 Å². The molecule has 144 valence electrons. The molecule has 2 aliphatic rings. The summed E-state index contributed by atoms with van der Waals surface area (Å²) in [5.41, 5.74) is 2.18. The number of hydrogen-bond acceptors (Lipinski definition) is 4. The van der Waals surface area contributed by atoms with Gasteiger partial charge >= 0.3 is 6.18 Å². The second kappa shape index (κ2) is 6.33. The van der Waals surface area contributed by atoms with Crippen LogP contribution in [0, 0.1) is 0 Å². The van der Waals surface area contributed by atoms with Crippen molar-refractivity contribution in [2.24, 2.45) is 0 Å². The highest BCUT2D eigenvalue weighted by molar-refractivity contribution is 5.94. The number of halogens is 3. The van der Waals surface area contributed by atoms with Gasteiger partial charge in [-0.15, -0.1) is 0 Å². The van der Waals surface area contributed by atoms with Gasteiger partial charge < -0.3 is 9.64 Å². The zero-order chi connectivity index (χ0) is 19.3. The van der Waals surface area contributed by atoms with Crippen LogP contribution >= 0.6 is 0 Å². The van der Waals surface area contributed by atoms with Gasteiger partial charge in [0.2, 0.25) is 0 Å². The molecular weight excluding hydrogens is 361 g/mol. The quantitative estimate of drug-likeness (QED) is 0.826. The van der Waals surface area contributed by atoms with Gasteiger partial charge in [0, 0.05) is 43.4 Å². The van der Waals surface area contributed by atoms with Crippen LogP contribution < -0.4 is 0 Å². The highest BCUT2D eigenvalue weighted by Crippen LogP contribution is 2.33. The Bertz CT molecular complexity index is 893. The Kier molecular flexibility index (Phi) is 4.21. The molecule has 4 heterocycles. The summed E-state index contributed by atoms with van der Waals surface area (Å²) in [6.45, 7) is 4.31. The highest BCUT2D eigenvalue weighted by Gasteiger charge is 2.35. The highest BCUT2D eigenvalue weighted by atomic mass is 19.4. The lowest BCUT2D eigenvalue weighted by Gasteiger charge is -2.29. The van der Waals surface area contributed by atoms with Gasteiger partial charge in [-0.05, 0) is 25.5 Å². The van der Waals surface area contributed by atoms with E-state index in [1.54, 1.807) is 0 Å². The number of nitrogens with one attached hydrogen (secondary N) is 1. The molecule has 1 N–H and O–H groups in total. The van der Waals surface area contributed by atoms with Gasteiger partial charge in [0.25, 0.3) is 5.91 Å². The van der Waals surface area contributed by atoms with Crippen molar-refractivity contribution >= 4 is 5.91 Å². The van der Waals surface area contributed by atoms with Crippen molar-refractivity contribution in [1.82, 2.24) is 20.1 Å². The number of aromatic amines is 1. The van der Waals surface area contributed by atoms with Crippen molar-refractivity contribution in [3.8, 4) is 0 Å². The third-order valence-electron chi connectivity index (χ3n) is 5.09. The van der Waals surface area contributed by atoms with E-state index in [0.29, 0.717) is 36.3 Å². The van der Waals surface area contributed by atoms with E-state index in [0.717, 1.165) is 23.5 Å². The first-order valence-corrected chi connectivity index (χ1v) is 8.81. The van der Waals surface area contributed by atoms with Gasteiger partial charge in [0.05, 0.1) is 23.5 Å². The average Bonchev–Trinajstić information content (AvgIpc) is 3.03. The zero-order valence-electron chi connectivity index (χ0n) is 14.9. The maximum Gasteiger partial charge on any atom is 0.417 e. The number of H-pyrrole nitrogens is 1. The Balaban J connectivity index is 1.60. The van der Waals surface area contributed by atoms with E-state index in [2.05, 4.69) is 15.2 Å². The Morgan fingerprint density at radius 2 is 2.15 bits per heavy atom. The van der Waals surface area contributed by atoms with Gasteiger partial charge in [0.15, 0.2) is 5.69 Å². The molecule has 0 fully saturated rings. The molecule has 0 spiro atoms. The first-order valence-electron chi connectivity index (χ1n) is 8.81. The molecular formula is C18H19F3N4O2. The van der Waals surface area contributed by atoms with E-state index in [1.807, 2.05) is 13.8 Å². The second-order valence-corrected chi connectivity index (χ2v) is 7.06. The fourth-order valence-corrected chi connectivity index (χ4v) is 3.75. The summed E-state index contributed by atoms with van der Waals surface area (Å²) in [6, 6.07) is 1.08. The number of ether oxygens (including phenoxy) is 1. The Morgan fingerprint density at radius 1 is 1.37 bits per heavy atom. The molecule has 9 heteroatoms. The number of nitrogens with zero attached hydrogens (tertiary/aromatic N) is 3. The standard InChI is InChI=1S/C18H19F3N4O2/c1-9-5-13-15(10(2)27-9)23-24-16(13)17(26)25-4-3-14-11(8-25)6-12(7-22-14)18(19,20)21/h6-7,9-10H,3-5,8H2,1-2H3,(H,23,24)/t9-,10+/m1/s1. The van der Waals surface area contributed by atoms with Crippen LogP contribution in [-0.4, -0.2) is 38.6 Å². The molecule has 4 rings (SSSR count). The Labute approximate surface area is 153 Å². The summed E-state index contributed by atoms with van der Waals surface area (Å²) >= 11 is 0. The topological polar surface area (TPSA) is 71.1 Å². The normalized spacial score (nSPS) is 22.3. The van der Waals surface area contributed by atoms with Crippen molar-refractivity contribution in [3.05, 3.63) is 46.0 Å². The number of fused-ring (bicyclic) bond motifs is 2. The molecule has 2 aromatic rings. The van der Waals surface area contributed by atoms with Crippen molar-refractivity contribution in [2.75, 3.05) is 6.54 Å². The largest absolute Gasteiger partial charge is 0.417 e. The second-order valence-electron chi connectivity index (χ2n) is 7.06. The van der Waals surface area contributed by atoms with Crippen LogP contribution in [0.25, 0.3) is 0 Å². The van der Waals surface area contributed by atoms with Crippen LogP contribution in [0.4, 0.5) is 13.2 Å². The predicted molar refractivity (Wildman–Crippen MR) is 88.9 cm³/mol. The van der Waals surface area contributed by atoms with Crippen LogP contribution in [0.1, 0.15) is 58.5 Å². The predicted octanol–water partition coefficient (Wildman–Crippen LogP) is 3.04. The van der Waals surface area contributed by atoms with Gasteiger partial charge in [0.1, 0.15) is 0 Å². The first-order chi connectivity index (χ1) is 12.7. The van der Waals surface area contributed by atoms with Crippen molar-refractivity contribution in [1.29, 1.82) is 0 Å². The fourth-order valence-electron chi connectivity index (χ4n) is 3.75. The number of pyridine rings is 1. The molecule has 1 amide bonds. The van der Waals surface area contributed by atoms with Crippen molar-refractivity contribution < 1.29 is 22.7 Å². The smallest absolute Gasteiger partial charge is 0.369 e. The summed E-state index contributed by atoms with van der Waals surface area (Å²) in [5, 5.41) is 7.06. The van der Waals surface area contributed by atoms with Crippen molar-refractivity contribution in [3.63, 3.8) is 0 Å². The minimum absolute atomic E-state index is 0.0303. The maximum atomic E-state index is 13.0. The molecule has 0 radical (unpaired) electrons. The SMILES string of the molecule is C[C@@H]1Cc2c(C(=O)N3CCc4ncc(C(F)(F)F)cc4C3)n[nH]c2[C@H](C)O1. The van der Waals surface area contributed by atoms with E-state index in [-0.39, 0.29) is 24.7 Å². The van der Waals surface area contributed by atoms with E-state index < -0.39 is 11.7 Å². The van der Waals surface area contributed by atoms with Crippen LogP contribution in [0.3, 0.4) is 0 Å². The number of hydrogen-bond donors (Lipinski definition) is 1. The molecule has 0 aliphatic carbocycles. The fraction of sp³-hybridized carbons (Fsp3) is 0.500. The van der Waals surface area contributed by atoms with E-state index >= 15 is 0 Å². The number of rotatable bonds is 1. The summed E-state index contributed by atoms with van der Waals surface area (Å²) in [4.78, 5) is 18.5. The monoisotopic (exact) mass is 380 g/mol.